The Kier molecular flexibility index (Phi) is 11.1. The van der Waals surface area contributed by atoms with Gasteiger partial charge in [-0.15, -0.1) is 0 Å². The molecule has 0 rings (SSSR count). The Balaban J connectivity index is 0. The first kappa shape index (κ1) is 20.4. The molecule has 0 saturated heterocycles. The maximum absolute atomic E-state index is 11.5. The SMILES string of the molecule is C.CNC(CCC(=O)NCC(C)=O)C(=O)NCC(=O)O. The highest BCUT2D eigenvalue weighted by Crippen LogP contribution is 1.97. The molecule has 0 fully saturated rings. The van der Waals surface area contributed by atoms with E-state index in [4.69, 9.17) is 5.11 Å². The Morgan fingerprint density at radius 2 is 1.70 bits per heavy atom. The van der Waals surface area contributed by atoms with Gasteiger partial charge in [0.25, 0.3) is 0 Å². The molecule has 8 heteroatoms. The highest BCUT2D eigenvalue weighted by atomic mass is 16.4. The van der Waals surface area contributed by atoms with Gasteiger partial charge in [-0.2, -0.15) is 0 Å². The van der Waals surface area contributed by atoms with E-state index in [1.807, 2.05) is 0 Å². The predicted molar refractivity (Wildman–Crippen MR) is 73.1 cm³/mol. The second-order valence-corrected chi connectivity index (χ2v) is 3.97. The third kappa shape index (κ3) is 10.0. The van der Waals surface area contributed by atoms with E-state index in [1.54, 1.807) is 7.05 Å². The minimum Gasteiger partial charge on any atom is -0.480 e. The summed E-state index contributed by atoms with van der Waals surface area (Å²) >= 11 is 0. The van der Waals surface area contributed by atoms with Gasteiger partial charge in [0, 0.05) is 6.42 Å². The number of hydrogen-bond acceptors (Lipinski definition) is 5. The lowest BCUT2D eigenvalue weighted by Gasteiger charge is -2.14. The summed E-state index contributed by atoms with van der Waals surface area (Å²) in [7, 11) is 1.54. The Morgan fingerprint density at radius 1 is 1.10 bits per heavy atom. The van der Waals surface area contributed by atoms with Crippen LogP contribution in [-0.2, 0) is 19.2 Å². The summed E-state index contributed by atoms with van der Waals surface area (Å²) in [5.41, 5.74) is 0. The zero-order valence-electron chi connectivity index (χ0n) is 11.0. The second-order valence-electron chi connectivity index (χ2n) is 3.97. The first-order valence-electron chi connectivity index (χ1n) is 5.79. The fourth-order valence-corrected chi connectivity index (χ4v) is 1.28. The molecule has 4 N–H and O–H groups in total. The molecule has 0 aliphatic rings. The first-order valence-corrected chi connectivity index (χ1v) is 5.79. The molecule has 0 aliphatic carbocycles. The van der Waals surface area contributed by atoms with Crippen molar-refractivity contribution in [2.75, 3.05) is 20.1 Å². The van der Waals surface area contributed by atoms with E-state index < -0.39 is 24.5 Å². The number of carboxylic acids is 1. The van der Waals surface area contributed by atoms with E-state index in [9.17, 15) is 19.2 Å². The lowest BCUT2D eigenvalue weighted by Crippen LogP contribution is -2.45. The van der Waals surface area contributed by atoms with E-state index in [-0.39, 0.29) is 38.5 Å². The van der Waals surface area contributed by atoms with Gasteiger partial charge >= 0.3 is 5.97 Å². The number of carbonyl (C=O) groups excluding carboxylic acids is 3. The van der Waals surface area contributed by atoms with Crippen LogP contribution in [0.3, 0.4) is 0 Å². The lowest BCUT2D eigenvalue weighted by molar-refractivity contribution is -0.138. The Morgan fingerprint density at radius 3 is 2.15 bits per heavy atom. The monoisotopic (exact) mass is 289 g/mol. The average molecular weight is 289 g/mol. The molecule has 1 atom stereocenters. The second kappa shape index (κ2) is 10.9. The number of Topliss-reactive ketones (excluding diaryl/α,β-unsaturated/α-hetero) is 1. The number of amides is 2. The summed E-state index contributed by atoms with van der Waals surface area (Å²) in [5.74, 6) is -2.11. The van der Waals surface area contributed by atoms with Crippen LogP contribution in [0.15, 0.2) is 0 Å². The van der Waals surface area contributed by atoms with Crippen LogP contribution in [0.5, 0.6) is 0 Å². The standard InChI is InChI=1S/C11H19N3O5.CH4/c1-7(15)5-13-9(16)4-3-8(12-2)11(19)14-6-10(17)18;/h8,12H,3-6H2,1-2H3,(H,13,16)(H,14,19)(H,17,18);1H4. The van der Waals surface area contributed by atoms with E-state index >= 15 is 0 Å². The molecule has 8 nitrogen and oxygen atoms in total. The molecule has 0 aromatic carbocycles. The van der Waals surface area contributed by atoms with Crippen molar-refractivity contribution in [1.29, 1.82) is 0 Å². The molecule has 0 aliphatic heterocycles. The third-order valence-electron chi connectivity index (χ3n) is 2.27. The number of likely N-dealkylation sites (N-methyl/N-ethyl adjacent to an activating group) is 1. The maximum Gasteiger partial charge on any atom is 0.322 e. The summed E-state index contributed by atoms with van der Waals surface area (Å²) in [6.07, 6.45) is 0.283. The minimum atomic E-state index is -1.14. The zero-order valence-corrected chi connectivity index (χ0v) is 11.0. The molecular formula is C12H23N3O5. The van der Waals surface area contributed by atoms with Crippen molar-refractivity contribution in [2.24, 2.45) is 0 Å². The fourth-order valence-electron chi connectivity index (χ4n) is 1.28. The van der Waals surface area contributed by atoms with Gasteiger partial charge in [-0.1, -0.05) is 7.43 Å². The normalized spacial score (nSPS) is 10.9. The summed E-state index contributed by atoms with van der Waals surface area (Å²) < 4.78 is 0. The van der Waals surface area contributed by atoms with Crippen LogP contribution >= 0.6 is 0 Å². The summed E-state index contributed by atoms with van der Waals surface area (Å²) in [6, 6.07) is -0.651. The number of carbonyl (C=O) groups is 4. The number of ketones is 1. The summed E-state index contributed by atoms with van der Waals surface area (Å²) in [6.45, 7) is 0.859. The zero-order chi connectivity index (χ0) is 14.8. The Labute approximate surface area is 118 Å². The van der Waals surface area contributed by atoms with Gasteiger partial charge in [-0.3, -0.25) is 19.2 Å². The number of carboxylic acid groups (broad SMARTS) is 1. The van der Waals surface area contributed by atoms with Gasteiger partial charge in [-0.25, -0.2) is 0 Å². The van der Waals surface area contributed by atoms with Crippen LogP contribution in [0.2, 0.25) is 0 Å². The van der Waals surface area contributed by atoms with Gasteiger partial charge in [0.05, 0.1) is 12.6 Å². The summed E-state index contributed by atoms with van der Waals surface area (Å²) in [5, 5.41) is 15.7. The van der Waals surface area contributed by atoms with Crippen molar-refractivity contribution < 1.29 is 24.3 Å². The smallest absolute Gasteiger partial charge is 0.322 e. The van der Waals surface area contributed by atoms with Crippen molar-refractivity contribution in [2.45, 2.75) is 33.2 Å². The van der Waals surface area contributed by atoms with Crippen LogP contribution in [0, 0.1) is 0 Å². The predicted octanol–water partition coefficient (Wildman–Crippen LogP) is -1.10. The van der Waals surface area contributed by atoms with Crippen molar-refractivity contribution >= 4 is 23.6 Å². The molecule has 20 heavy (non-hydrogen) atoms. The van der Waals surface area contributed by atoms with Crippen molar-refractivity contribution in [1.82, 2.24) is 16.0 Å². The van der Waals surface area contributed by atoms with Crippen molar-refractivity contribution in [3.63, 3.8) is 0 Å². The van der Waals surface area contributed by atoms with E-state index in [0.717, 1.165) is 0 Å². The van der Waals surface area contributed by atoms with Crippen LogP contribution in [0.1, 0.15) is 27.2 Å². The van der Waals surface area contributed by atoms with Crippen molar-refractivity contribution in [3.05, 3.63) is 0 Å². The molecular weight excluding hydrogens is 266 g/mol. The number of nitrogens with one attached hydrogen (secondary N) is 3. The molecule has 0 aromatic heterocycles. The molecule has 116 valence electrons. The van der Waals surface area contributed by atoms with Gasteiger partial charge < -0.3 is 21.1 Å². The Bertz CT molecular complexity index is 357. The van der Waals surface area contributed by atoms with Gasteiger partial charge in [0.1, 0.15) is 12.3 Å². The van der Waals surface area contributed by atoms with Gasteiger partial charge in [0.15, 0.2) is 0 Å². The van der Waals surface area contributed by atoms with E-state index in [0.29, 0.717) is 0 Å². The van der Waals surface area contributed by atoms with E-state index in [1.165, 1.54) is 6.92 Å². The molecule has 1 unspecified atom stereocenters. The summed E-state index contributed by atoms with van der Waals surface area (Å²) in [4.78, 5) is 43.8. The molecule has 0 radical (unpaired) electrons. The quantitative estimate of drug-likeness (QED) is 0.427. The number of hydrogen-bond donors (Lipinski definition) is 4. The number of rotatable bonds is 9. The molecule has 0 aromatic rings. The van der Waals surface area contributed by atoms with Crippen LogP contribution in [0.4, 0.5) is 0 Å². The van der Waals surface area contributed by atoms with Crippen LogP contribution < -0.4 is 16.0 Å². The lowest BCUT2D eigenvalue weighted by atomic mass is 10.1. The highest BCUT2D eigenvalue weighted by Gasteiger charge is 2.18. The maximum atomic E-state index is 11.5. The Hall–Kier alpha value is -1.96. The van der Waals surface area contributed by atoms with Crippen LogP contribution in [-0.4, -0.2) is 54.9 Å². The van der Waals surface area contributed by atoms with Crippen LogP contribution in [0.25, 0.3) is 0 Å². The molecule has 0 bridgehead atoms. The molecule has 0 saturated carbocycles. The average Bonchev–Trinajstić information content (AvgIpc) is 2.34. The fraction of sp³-hybridized carbons (Fsp3) is 0.667. The largest absolute Gasteiger partial charge is 0.480 e. The van der Waals surface area contributed by atoms with E-state index in [2.05, 4.69) is 16.0 Å². The molecule has 0 spiro atoms. The minimum absolute atomic E-state index is 0. The highest BCUT2D eigenvalue weighted by molar-refractivity contribution is 5.87. The first-order chi connectivity index (χ1) is 8.86. The van der Waals surface area contributed by atoms with Crippen molar-refractivity contribution in [3.8, 4) is 0 Å². The third-order valence-corrected chi connectivity index (χ3v) is 2.27. The van der Waals surface area contributed by atoms with Gasteiger partial charge in [-0.05, 0) is 20.4 Å². The van der Waals surface area contributed by atoms with Gasteiger partial charge in [0.2, 0.25) is 11.8 Å². The molecule has 0 heterocycles. The topological polar surface area (TPSA) is 125 Å². The number of aliphatic carboxylic acids is 1. The molecule has 2 amide bonds.